The summed E-state index contributed by atoms with van der Waals surface area (Å²) in [6, 6.07) is 8.69. The summed E-state index contributed by atoms with van der Waals surface area (Å²) in [6.07, 6.45) is 4.77. The number of imidazole rings is 1. The van der Waals surface area contributed by atoms with Crippen LogP contribution in [0.3, 0.4) is 0 Å². The van der Waals surface area contributed by atoms with Gasteiger partial charge in [0.1, 0.15) is 0 Å². The molecule has 0 saturated carbocycles. The molecule has 1 aliphatic rings. The van der Waals surface area contributed by atoms with Crippen molar-refractivity contribution < 1.29 is 14.7 Å². The van der Waals surface area contributed by atoms with Gasteiger partial charge in [-0.05, 0) is 18.2 Å². The van der Waals surface area contributed by atoms with Crippen LogP contribution in [0.15, 0.2) is 48.0 Å². The van der Waals surface area contributed by atoms with Crippen LogP contribution in [0.1, 0.15) is 26.4 Å². The first-order valence-corrected chi connectivity index (χ1v) is 8.01. The molecular formula is C18H15N5O3. The highest BCUT2D eigenvalue weighted by Gasteiger charge is 2.32. The van der Waals surface area contributed by atoms with Gasteiger partial charge in [-0.25, -0.2) is 4.98 Å². The largest absolute Gasteiger partial charge is 0.395 e. The SMILES string of the molecule is O=C1c2cccc3c(N/N=C/c4cnc[nH]4)ccc(c23)C(=O)N1CCO. The van der Waals surface area contributed by atoms with E-state index in [0.717, 1.165) is 16.0 Å². The van der Waals surface area contributed by atoms with Gasteiger partial charge in [-0.3, -0.25) is 19.9 Å². The molecule has 130 valence electrons. The molecule has 1 aliphatic heterocycles. The first-order chi connectivity index (χ1) is 12.7. The summed E-state index contributed by atoms with van der Waals surface area (Å²) >= 11 is 0. The summed E-state index contributed by atoms with van der Waals surface area (Å²) < 4.78 is 0. The fraction of sp³-hybridized carbons (Fsp3) is 0.111. The molecule has 8 nitrogen and oxygen atoms in total. The second-order valence-corrected chi connectivity index (χ2v) is 5.75. The van der Waals surface area contributed by atoms with E-state index in [1.807, 2.05) is 6.07 Å². The van der Waals surface area contributed by atoms with E-state index < -0.39 is 11.8 Å². The topological polar surface area (TPSA) is 111 Å². The monoisotopic (exact) mass is 349 g/mol. The number of aromatic nitrogens is 2. The standard InChI is InChI=1S/C18H15N5O3/c24-7-6-23-17(25)13-3-1-2-12-15(5-4-14(16(12)13)18(23)26)22-21-9-11-8-19-10-20-11/h1-5,8-10,22,24H,6-7H2,(H,19,20)/b21-9+. The zero-order valence-electron chi connectivity index (χ0n) is 13.6. The van der Waals surface area contributed by atoms with Crippen LogP contribution in [-0.2, 0) is 0 Å². The number of imide groups is 1. The number of rotatable bonds is 5. The van der Waals surface area contributed by atoms with Crippen LogP contribution < -0.4 is 5.43 Å². The molecule has 26 heavy (non-hydrogen) atoms. The Morgan fingerprint density at radius 2 is 2.00 bits per heavy atom. The van der Waals surface area contributed by atoms with Gasteiger partial charge in [-0.2, -0.15) is 5.10 Å². The molecule has 4 rings (SSSR count). The molecule has 0 aliphatic carbocycles. The molecule has 0 atom stereocenters. The average Bonchev–Trinajstić information content (AvgIpc) is 3.17. The fourth-order valence-electron chi connectivity index (χ4n) is 3.06. The molecule has 2 heterocycles. The quantitative estimate of drug-likeness (QED) is 0.368. The first-order valence-electron chi connectivity index (χ1n) is 8.01. The maximum absolute atomic E-state index is 12.6. The van der Waals surface area contributed by atoms with Crippen LogP contribution in [0.5, 0.6) is 0 Å². The molecule has 3 aromatic rings. The summed E-state index contributed by atoms with van der Waals surface area (Å²) in [5.74, 6) is -0.805. The van der Waals surface area contributed by atoms with E-state index in [-0.39, 0.29) is 13.2 Å². The Morgan fingerprint density at radius 3 is 2.73 bits per heavy atom. The molecule has 0 fully saturated rings. The molecule has 2 amide bonds. The summed E-state index contributed by atoms with van der Waals surface area (Å²) in [5.41, 5.74) is 5.23. The lowest BCUT2D eigenvalue weighted by Crippen LogP contribution is -2.41. The summed E-state index contributed by atoms with van der Waals surface area (Å²) in [5, 5.41) is 14.6. The van der Waals surface area contributed by atoms with Gasteiger partial charge < -0.3 is 10.1 Å². The zero-order chi connectivity index (χ0) is 18.1. The Kier molecular flexibility index (Phi) is 3.94. The van der Waals surface area contributed by atoms with Crippen LogP contribution in [-0.4, -0.2) is 51.2 Å². The lowest BCUT2D eigenvalue weighted by atomic mass is 9.93. The highest BCUT2D eigenvalue weighted by molar-refractivity contribution is 6.26. The third kappa shape index (κ3) is 2.52. The zero-order valence-corrected chi connectivity index (χ0v) is 13.6. The minimum atomic E-state index is -0.403. The number of benzene rings is 2. The van der Waals surface area contributed by atoms with E-state index in [2.05, 4.69) is 20.5 Å². The number of amides is 2. The average molecular weight is 349 g/mol. The Morgan fingerprint density at radius 1 is 1.19 bits per heavy atom. The van der Waals surface area contributed by atoms with E-state index in [1.54, 1.807) is 43.0 Å². The second kappa shape index (κ2) is 6.41. The molecule has 2 aromatic carbocycles. The normalized spacial score (nSPS) is 13.8. The summed E-state index contributed by atoms with van der Waals surface area (Å²) in [4.78, 5) is 33.1. The molecule has 0 bridgehead atoms. The molecule has 0 unspecified atom stereocenters. The lowest BCUT2D eigenvalue weighted by Gasteiger charge is -2.27. The number of nitrogens with zero attached hydrogens (tertiary/aromatic N) is 3. The third-order valence-corrected chi connectivity index (χ3v) is 4.22. The molecule has 3 N–H and O–H groups in total. The van der Waals surface area contributed by atoms with Gasteiger partial charge in [0.2, 0.25) is 0 Å². The van der Waals surface area contributed by atoms with E-state index in [4.69, 9.17) is 5.11 Å². The van der Waals surface area contributed by atoms with Gasteiger partial charge in [-0.1, -0.05) is 12.1 Å². The van der Waals surface area contributed by atoms with E-state index in [1.165, 1.54) is 0 Å². The summed E-state index contributed by atoms with van der Waals surface area (Å²) in [7, 11) is 0. The number of H-pyrrole nitrogens is 1. The van der Waals surface area contributed by atoms with Crippen molar-refractivity contribution in [3.63, 3.8) is 0 Å². The van der Waals surface area contributed by atoms with Gasteiger partial charge in [-0.15, -0.1) is 0 Å². The number of β-amino-alcohol motifs (C(OH)–C–C–N with tert-alkyl or cyclic N) is 1. The van der Waals surface area contributed by atoms with Crippen molar-refractivity contribution in [2.24, 2.45) is 5.10 Å². The fourth-order valence-corrected chi connectivity index (χ4v) is 3.06. The Balaban J connectivity index is 1.77. The number of anilines is 1. The lowest BCUT2D eigenvalue weighted by molar-refractivity contribution is 0.0580. The van der Waals surface area contributed by atoms with Gasteiger partial charge in [0.15, 0.2) is 0 Å². The van der Waals surface area contributed by atoms with Crippen molar-refractivity contribution in [2.75, 3.05) is 18.6 Å². The van der Waals surface area contributed by atoms with Crippen molar-refractivity contribution >= 4 is 34.5 Å². The predicted octanol–water partition coefficient (Wildman–Crippen LogP) is 1.60. The van der Waals surface area contributed by atoms with Crippen LogP contribution in [0.2, 0.25) is 0 Å². The smallest absolute Gasteiger partial charge is 0.261 e. The number of hydrazone groups is 1. The number of carbonyl (C=O) groups excluding carboxylic acids is 2. The Hall–Kier alpha value is -3.52. The highest BCUT2D eigenvalue weighted by atomic mass is 16.3. The minimum absolute atomic E-state index is 0.0258. The van der Waals surface area contributed by atoms with Crippen molar-refractivity contribution in [3.05, 3.63) is 59.7 Å². The third-order valence-electron chi connectivity index (χ3n) is 4.22. The van der Waals surface area contributed by atoms with Crippen LogP contribution in [0.25, 0.3) is 10.8 Å². The number of aromatic amines is 1. The van der Waals surface area contributed by atoms with Crippen LogP contribution in [0, 0.1) is 0 Å². The van der Waals surface area contributed by atoms with Gasteiger partial charge in [0.05, 0.1) is 43.3 Å². The molecular weight excluding hydrogens is 334 g/mol. The number of hydrogen-bond donors (Lipinski definition) is 3. The van der Waals surface area contributed by atoms with Crippen LogP contribution >= 0.6 is 0 Å². The maximum atomic E-state index is 12.6. The van der Waals surface area contributed by atoms with E-state index in [0.29, 0.717) is 22.2 Å². The van der Waals surface area contributed by atoms with E-state index in [9.17, 15) is 9.59 Å². The van der Waals surface area contributed by atoms with Crippen molar-refractivity contribution in [1.82, 2.24) is 14.9 Å². The number of hydrogen-bond acceptors (Lipinski definition) is 6. The summed E-state index contributed by atoms with van der Waals surface area (Å²) in [6.45, 7) is -0.299. The van der Waals surface area contributed by atoms with Crippen molar-refractivity contribution in [3.8, 4) is 0 Å². The van der Waals surface area contributed by atoms with Gasteiger partial charge in [0.25, 0.3) is 11.8 Å². The predicted molar refractivity (Wildman–Crippen MR) is 96.2 cm³/mol. The number of nitrogens with one attached hydrogen (secondary N) is 2. The van der Waals surface area contributed by atoms with Crippen LogP contribution in [0.4, 0.5) is 5.69 Å². The first kappa shape index (κ1) is 16.0. The Labute approximate surface area is 148 Å². The van der Waals surface area contributed by atoms with Gasteiger partial charge in [0, 0.05) is 21.9 Å². The Bertz CT molecular complexity index is 1000. The van der Waals surface area contributed by atoms with E-state index >= 15 is 0 Å². The molecule has 8 heteroatoms. The molecule has 1 aromatic heterocycles. The highest BCUT2D eigenvalue weighted by Crippen LogP contribution is 2.34. The molecule has 0 spiro atoms. The molecule has 0 radical (unpaired) electrons. The van der Waals surface area contributed by atoms with Crippen molar-refractivity contribution in [1.29, 1.82) is 0 Å². The second-order valence-electron chi connectivity index (χ2n) is 5.75. The maximum Gasteiger partial charge on any atom is 0.261 e. The number of carbonyl (C=O) groups is 2. The number of aliphatic hydroxyl groups is 1. The minimum Gasteiger partial charge on any atom is -0.395 e. The van der Waals surface area contributed by atoms with Gasteiger partial charge >= 0.3 is 0 Å². The number of aliphatic hydroxyl groups excluding tert-OH is 1. The van der Waals surface area contributed by atoms with Crippen molar-refractivity contribution in [2.45, 2.75) is 0 Å². The molecule has 0 saturated heterocycles.